The number of hydrogen-bond acceptors (Lipinski definition) is 2. The van der Waals surface area contributed by atoms with Gasteiger partial charge in [-0.1, -0.05) is 23.2 Å². The van der Waals surface area contributed by atoms with Crippen LogP contribution < -0.4 is 0 Å². The van der Waals surface area contributed by atoms with Crippen LogP contribution in [0.1, 0.15) is 5.56 Å². The van der Waals surface area contributed by atoms with Gasteiger partial charge in [-0.3, -0.25) is 0 Å². The van der Waals surface area contributed by atoms with Crippen molar-refractivity contribution in [2.45, 2.75) is 5.88 Å². The van der Waals surface area contributed by atoms with E-state index in [4.69, 9.17) is 34.8 Å². The molecule has 68 valence electrons. The molecule has 0 fully saturated rings. The highest BCUT2D eigenvalue weighted by atomic mass is 35.5. The molecule has 1 aromatic carbocycles. The minimum absolute atomic E-state index is 0.153. The van der Waals surface area contributed by atoms with Crippen molar-refractivity contribution in [1.82, 2.24) is 0 Å². The van der Waals surface area contributed by atoms with Gasteiger partial charge in [0.05, 0.1) is 21.6 Å². The van der Waals surface area contributed by atoms with E-state index in [1.54, 1.807) is 12.1 Å². The van der Waals surface area contributed by atoms with Crippen LogP contribution in [0.5, 0.6) is 0 Å². The zero-order chi connectivity index (χ0) is 9.84. The molecule has 1 aromatic rings. The maximum atomic E-state index is 10.0. The van der Waals surface area contributed by atoms with Gasteiger partial charge in [-0.05, 0) is 12.1 Å². The first-order valence-corrected chi connectivity index (χ1v) is 4.60. The highest BCUT2D eigenvalue weighted by Crippen LogP contribution is 2.33. The molecule has 0 aliphatic heterocycles. The van der Waals surface area contributed by atoms with Gasteiger partial charge in [0.15, 0.2) is 0 Å². The van der Waals surface area contributed by atoms with Crippen molar-refractivity contribution >= 4 is 46.6 Å². The van der Waals surface area contributed by atoms with E-state index in [9.17, 15) is 4.79 Å². The van der Waals surface area contributed by atoms with Crippen molar-refractivity contribution in [2.75, 3.05) is 0 Å². The molecule has 0 spiro atoms. The first-order chi connectivity index (χ1) is 6.20. The molecule has 0 aliphatic carbocycles. The number of hydrogen-bond donors (Lipinski definition) is 0. The fraction of sp³-hybridized carbons (Fsp3) is 0.125. The molecule has 0 saturated carbocycles. The average Bonchev–Trinajstić information content (AvgIpc) is 2.12. The third-order valence-corrected chi connectivity index (χ3v) is 2.58. The molecule has 0 atom stereocenters. The summed E-state index contributed by atoms with van der Waals surface area (Å²) in [5, 5.41) is 0.718. The quantitative estimate of drug-likeness (QED) is 0.437. The van der Waals surface area contributed by atoms with E-state index in [2.05, 4.69) is 4.99 Å². The standard InChI is InChI=1S/C8H4Cl3NO/c9-3-5-7(12-4-13)2-1-6(10)8(5)11/h1-2H,3H2. The molecule has 0 radical (unpaired) electrons. The minimum atomic E-state index is 0.153. The summed E-state index contributed by atoms with van der Waals surface area (Å²) in [6.07, 6.45) is 1.42. The van der Waals surface area contributed by atoms with Gasteiger partial charge in [0.25, 0.3) is 0 Å². The molecule has 0 unspecified atom stereocenters. The Kier molecular flexibility index (Phi) is 3.76. The molecule has 13 heavy (non-hydrogen) atoms. The van der Waals surface area contributed by atoms with Crippen LogP contribution in [0.15, 0.2) is 17.1 Å². The number of alkyl halides is 1. The molecule has 0 N–H and O–H groups in total. The Balaban J connectivity index is 3.37. The lowest BCUT2D eigenvalue weighted by Gasteiger charge is -2.04. The van der Waals surface area contributed by atoms with E-state index >= 15 is 0 Å². The Bertz CT molecular complexity index is 372. The molecule has 1 rings (SSSR count). The third-order valence-electron chi connectivity index (χ3n) is 1.47. The minimum Gasteiger partial charge on any atom is -0.211 e. The summed E-state index contributed by atoms with van der Waals surface area (Å²) in [5.74, 6) is 0.153. The lowest BCUT2D eigenvalue weighted by atomic mass is 10.2. The van der Waals surface area contributed by atoms with Crippen molar-refractivity contribution in [3.05, 3.63) is 27.7 Å². The van der Waals surface area contributed by atoms with Crippen LogP contribution >= 0.6 is 34.8 Å². The topological polar surface area (TPSA) is 29.4 Å². The van der Waals surface area contributed by atoms with Gasteiger partial charge in [-0.25, -0.2) is 4.79 Å². The maximum Gasteiger partial charge on any atom is 0.240 e. The molecular formula is C8H4Cl3NO. The molecule has 0 aromatic heterocycles. The number of benzene rings is 1. The zero-order valence-electron chi connectivity index (χ0n) is 6.35. The summed E-state index contributed by atoms with van der Waals surface area (Å²) in [5.41, 5.74) is 0.943. The summed E-state index contributed by atoms with van der Waals surface area (Å²) in [6.45, 7) is 0. The van der Waals surface area contributed by atoms with E-state index in [-0.39, 0.29) is 5.88 Å². The molecule has 0 heterocycles. The lowest BCUT2D eigenvalue weighted by Crippen LogP contribution is -1.82. The number of halogens is 3. The maximum absolute atomic E-state index is 10.0. The molecular weight excluding hydrogens is 232 g/mol. The van der Waals surface area contributed by atoms with Crippen LogP contribution in [-0.4, -0.2) is 6.08 Å². The zero-order valence-corrected chi connectivity index (χ0v) is 8.62. The van der Waals surface area contributed by atoms with E-state index in [0.717, 1.165) is 0 Å². The highest BCUT2D eigenvalue weighted by molar-refractivity contribution is 6.43. The van der Waals surface area contributed by atoms with Gasteiger partial charge >= 0.3 is 0 Å². The molecule has 0 amide bonds. The van der Waals surface area contributed by atoms with Crippen LogP contribution in [0.2, 0.25) is 10.0 Å². The van der Waals surface area contributed by atoms with Crippen molar-refractivity contribution in [1.29, 1.82) is 0 Å². The number of aliphatic imine (C=N–C) groups is 1. The molecule has 0 bridgehead atoms. The van der Waals surface area contributed by atoms with Crippen molar-refractivity contribution < 1.29 is 4.79 Å². The Morgan fingerprint density at radius 1 is 1.38 bits per heavy atom. The second-order valence-corrected chi connectivity index (χ2v) is 3.25. The molecule has 0 aliphatic rings. The van der Waals surface area contributed by atoms with E-state index in [1.807, 2.05) is 0 Å². The SMILES string of the molecule is O=C=Nc1ccc(Cl)c(Cl)c1CCl. The van der Waals surface area contributed by atoms with Crippen LogP contribution in [-0.2, 0) is 10.7 Å². The predicted octanol–water partition coefficient (Wildman–Crippen LogP) is 3.70. The van der Waals surface area contributed by atoms with Crippen molar-refractivity contribution in [2.24, 2.45) is 4.99 Å². The number of isocyanates is 1. The Morgan fingerprint density at radius 3 is 2.62 bits per heavy atom. The second kappa shape index (κ2) is 4.64. The van der Waals surface area contributed by atoms with Crippen LogP contribution in [0, 0.1) is 0 Å². The highest BCUT2D eigenvalue weighted by Gasteiger charge is 2.08. The third kappa shape index (κ3) is 2.23. The fourth-order valence-corrected chi connectivity index (χ4v) is 1.61. The normalized spacial score (nSPS) is 9.46. The largest absolute Gasteiger partial charge is 0.240 e. The summed E-state index contributed by atoms with van der Waals surface area (Å²) in [6, 6.07) is 3.12. The summed E-state index contributed by atoms with van der Waals surface area (Å²) >= 11 is 17.2. The van der Waals surface area contributed by atoms with Crippen LogP contribution in [0.4, 0.5) is 5.69 Å². The summed E-state index contributed by atoms with van der Waals surface area (Å²) < 4.78 is 0. The first-order valence-electron chi connectivity index (χ1n) is 3.31. The summed E-state index contributed by atoms with van der Waals surface area (Å²) in [7, 11) is 0. The molecule has 5 heteroatoms. The number of rotatable bonds is 2. The first kappa shape index (κ1) is 10.6. The van der Waals surface area contributed by atoms with E-state index in [0.29, 0.717) is 21.3 Å². The Labute approximate surface area is 90.1 Å². The van der Waals surface area contributed by atoms with E-state index < -0.39 is 0 Å². The van der Waals surface area contributed by atoms with Crippen LogP contribution in [0.25, 0.3) is 0 Å². The monoisotopic (exact) mass is 235 g/mol. The smallest absolute Gasteiger partial charge is 0.211 e. The number of carbonyl (C=O) groups excluding carboxylic acids is 1. The fourth-order valence-electron chi connectivity index (χ4n) is 0.863. The van der Waals surface area contributed by atoms with Gasteiger partial charge < -0.3 is 0 Å². The average molecular weight is 236 g/mol. The van der Waals surface area contributed by atoms with E-state index in [1.165, 1.54) is 6.08 Å². The predicted molar refractivity (Wildman–Crippen MR) is 53.8 cm³/mol. The summed E-state index contributed by atoms with van der Waals surface area (Å²) in [4.78, 5) is 13.5. The van der Waals surface area contributed by atoms with Gasteiger partial charge in [0.2, 0.25) is 6.08 Å². The molecule has 2 nitrogen and oxygen atoms in total. The Hall–Kier alpha value is -0.530. The van der Waals surface area contributed by atoms with Gasteiger partial charge in [0, 0.05) is 5.56 Å². The van der Waals surface area contributed by atoms with Gasteiger partial charge in [0.1, 0.15) is 0 Å². The van der Waals surface area contributed by atoms with Crippen molar-refractivity contribution in [3.8, 4) is 0 Å². The van der Waals surface area contributed by atoms with Crippen LogP contribution in [0.3, 0.4) is 0 Å². The van der Waals surface area contributed by atoms with Gasteiger partial charge in [-0.15, -0.1) is 11.6 Å². The molecule has 0 saturated heterocycles. The second-order valence-electron chi connectivity index (χ2n) is 2.20. The lowest BCUT2D eigenvalue weighted by molar-refractivity contribution is 0.565. The Morgan fingerprint density at radius 2 is 2.08 bits per heavy atom. The number of nitrogens with zero attached hydrogens (tertiary/aromatic N) is 1. The van der Waals surface area contributed by atoms with Gasteiger partial charge in [-0.2, -0.15) is 4.99 Å². The van der Waals surface area contributed by atoms with Crippen molar-refractivity contribution in [3.63, 3.8) is 0 Å².